The van der Waals surface area contributed by atoms with Gasteiger partial charge < -0.3 is 4.90 Å². The van der Waals surface area contributed by atoms with Gasteiger partial charge in [0.2, 0.25) is 11.8 Å². The van der Waals surface area contributed by atoms with E-state index in [9.17, 15) is 14.4 Å². The number of carbonyl (C=O) groups excluding carboxylic acids is 3. The zero-order valence-corrected chi connectivity index (χ0v) is 16.9. The van der Waals surface area contributed by atoms with Crippen LogP contribution in [0, 0.1) is 11.8 Å². The van der Waals surface area contributed by atoms with Crippen LogP contribution in [0.1, 0.15) is 24.1 Å². The zero-order chi connectivity index (χ0) is 20.4. The van der Waals surface area contributed by atoms with E-state index in [2.05, 4.69) is 0 Å². The van der Waals surface area contributed by atoms with Gasteiger partial charge in [-0.2, -0.15) is 0 Å². The van der Waals surface area contributed by atoms with Crippen molar-refractivity contribution in [2.45, 2.75) is 19.0 Å². The third-order valence-corrected chi connectivity index (χ3v) is 6.58. The highest BCUT2D eigenvalue weighted by atomic mass is 35.5. The summed E-state index contributed by atoms with van der Waals surface area (Å²) in [5.74, 6) is -2.35. The van der Waals surface area contributed by atoms with Gasteiger partial charge in [-0.3, -0.25) is 14.4 Å². The van der Waals surface area contributed by atoms with Crippen molar-refractivity contribution in [3.05, 3.63) is 69.8 Å². The Morgan fingerprint density at radius 2 is 1.72 bits per heavy atom. The van der Waals surface area contributed by atoms with Crippen molar-refractivity contribution < 1.29 is 14.4 Å². The van der Waals surface area contributed by atoms with Crippen molar-refractivity contribution in [2.75, 3.05) is 4.90 Å². The lowest BCUT2D eigenvalue weighted by Crippen LogP contribution is -2.43. The second-order valence-corrected chi connectivity index (χ2v) is 8.40. The molecule has 29 heavy (non-hydrogen) atoms. The number of anilines is 1. The van der Waals surface area contributed by atoms with E-state index >= 15 is 0 Å². The second-order valence-electron chi connectivity index (χ2n) is 7.55. The third kappa shape index (κ3) is 2.51. The first-order chi connectivity index (χ1) is 13.9. The van der Waals surface area contributed by atoms with Crippen LogP contribution in [-0.4, -0.2) is 28.5 Å². The summed E-state index contributed by atoms with van der Waals surface area (Å²) in [7, 11) is 0. The number of halogens is 2. The number of benzene rings is 2. The fourth-order valence-corrected chi connectivity index (χ4v) is 5.28. The Kier molecular flexibility index (Phi) is 4.09. The van der Waals surface area contributed by atoms with E-state index in [0.717, 1.165) is 16.0 Å². The molecule has 4 atom stereocenters. The predicted molar refractivity (Wildman–Crippen MR) is 110 cm³/mol. The third-order valence-electron chi connectivity index (χ3n) is 6.03. The molecule has 3 heterocycles. The Bertz CT molecular complexity index is 1110. The molecular weight excluding hydrogens is 411 g/mol. The summed E-state index contributed by atoms with van der Waals surface area (Å²) in [4.78, 5) is 42.5. The van der Waals surface area contributed by atoms with E-state index in [1.807, 2.05) is 41.4 Å². The van der Waals surface area contributed by atoms with Crippen LogP contribution in [0.3, 0.4) is 0 Å². The van der Waals surface area contributed by atoms with E-state index in [0.29, 0.717) is 5.02 Å². The van der Waals surface area contributed by atoms with Crippen molar-refractivity contribution in [1.82, 2.24) is 4.90 Å². The standard InChI is InChI=1S/C22H16Cl2N2O3/c1-11(27)19-17-18(20-14-5-3-2-4-12(14)8-9-25(19)20)22(29)26(21(17)28)16-10-13(23)6-7-15(16)24/h2-10,17-20H,1H3/t17-,18+,19+,20-/m1/s1. The van der Waals surface area contributed by atoms with Crippen LogP contribution in [0.4, 0.5) is 5.69 Å². The minimum absolute atomic E-state index is 0.147. The Balaban J connectivity index is 1.67. The summed E-state index contributed by atoms with van der Waals surface area (Å²) in [5, 5.41) is 0.633. The Morgan fingerprint density at radius 1 is 1.00 bits per heavy atom. The Morgan fingerprint density at radius 3 is 2.48 bits per heavy atom. The number of hydrogen-bond donors (Lipinski definition) is 0. The monoisotopic (exact) mass is 426 g/mol. The molecule has 2 aromatic rings. The normalized spacial score (nSPS) is 27.1. The summed E-state index contributed by atoms with van der Waals surface area (Å²) < 4.78 is 0. The van der Waals surface area contributed by atoms with E-state index in [1.54, 1.807) is 12.1 Å². The van der Waals surface area contributed by atoms with Gasteiger partial charge in [0.1, 0.15) is 0 Å². The largest absolute Gasteiger partial charge is 0.359 e. The van der Waals surface area contributed by atoms with Crippen LogP contribution in [-0.2, 0) is 14.4 Å². The maximum Gasteiger partial charge on any atom is 0.240 e. The molecule has 5 rings (SSSR count). The molecule has 2 fully saturated rings. The molecule has 3 aliphatic rings. The molecule has 0 bridgehead atoms. The van der Waals surface area contributed by atoms with Gasteiger partial charge in [0.25, 0.3) is 0 Å². The van der Waals surface area contributed by atoms with Crippen molar-refractivity contribution in [2.24, 2.45) is 11.8 Å². The average Bonchev–Trinajstić information content (AvgIpc) is 3.17. The highest BCUT2D eigenvalue weighted by Crippen LogP contribution is 2.53. The molecule has 0 aliphatic carbocycles. The van der Waals surface area contributed by atoms with Crippen molar-refractivity contribution >= 4 is 52.6 Å². The minimum atomic E-state index is -0.768. The van der Waals surface area contributed by atoms with Gasteiger partial charge in [0.05, 0.1) is 34.6 Å². The van der Waals surface area contributed by atoms with Crippen molar-refractivity contribution in [3.63, 3.8) is 0 Å². The zero-order valence-electron chi connectivity index (χ0n) is 15.4. The number of ketones is 1. The molecule has 5 nitrogen and oxygen atoms in total. The molecule has 3 aliphatic heterocycles. The molecule has 2 saturated heterocycles. The van der Waals surface area contributed by atoms with Gasteiger partial charge in [-0.15, -0.1) is 0 Å². The quantitative estimate of drug-likeness (QED) is 0.678. The summed E-state index contributed by atoms with van der Waals surface area (Å²) in [6.07, 6.45) is 3.75. The van der Waals surface area contributed by atoms with Crippen LogP contribution in [0.25, 0.3) is 6.08 Å². The predicted octanol–water partition coefficient (Wildman–Crippen LogP) is 4.10. The summed E-state index contributed by atoms with van der Waals surface area (Å²) in [5.41, 5.74) is 2.18. The topological polar surface area (TPSA) is 57.7 Å². The van der Waals surface area contributed by atoms with E-state index in [1.165, 1.54) is 13.0 Å². The molecule has 2 amide bonds. The molecule has 0 radical (unpaired) electrons. The maximum absolute atomic E-state index is 13.5. The molecule has 0 unspecified atom stereocenters. The number of fused-ring (bicyclic) bond motifs is 5. The fourth-order valence-electron chi connectivity index (χ4n) is 4.92. The molecule has 7 heteroatoms. The van der Waals surface area contributed by atoms with Gasteiger partial charge in [-0.25, -0.2) is 4.90 Å². The van der Waals surface area contributed by atoms with Crippen LogP contribution >= 0.6 is 23.2 Å². The lowest BCUT2D eigenvalue weighted by molar-refractivity contribution is -0.129. The van der Waals surface area contributed by atoms with E-state index in [-0.39, 0.29) is 28.4 Å². The number of Topliss-reactive ketones (excluding diaryl/α,β-unsaturated/α-hetero) is 1. The van der Waals surface area contributed by atoms with Crippen molar-refractivity contribution in [3.8, 4) is 0 Å². The summed E-state index contributed by atoms with van der Waals surface area (Å²) in [6, 6.07) is 11.3. The number of imide groups is 1. The smallest absolute Gasteiger partial charge is 0.240 e. The molecule has 0 N–H and O–H groups in total. The molecule has 2 aromatic carbocycles. The first-order valence-electron chi connectivity index (χ1n) is 9.28. The highest BCUT2D eigenvalue weighted by molar-refractivity contribution is 6.38. The summed E-state index contributed by atoms with van der Waals surface area (Å²) >= 11 is 12.4. The first kappa shape index (κ1) is 18.4. The number of carbonyl (C=O) groups is 3. The SMILES string of the molecule is CC(=O)[C@H]1[C@@H]2C(=O)N(c3cc(Cl)ccc3Cl)C(=O)[C@@H]2[C@H]2c3ccccc3C=CN21. The van der Waals surface area contributed by atoms with E-state index < -0.39 is 23.8 Å². The Hall–Kier alpha value is -2.63. The molecule has 0 saturated carbocycles. The maximum atomic E-state index is 13.5. The number of hydrogen-bond acceptors (Lipinski definition) is 4. The summed E-state index contributed by atoms with van der Waals surface area (Å²) in [6.45, 7) is 1.46. The van der Waals surface area contributed by atoms with E-state index in [4.69, 9.17) is 23.2 Å². The highest BCUT2D eigenvalue weighted by Gasteiger charge is 2.64. The molecular formula is C22H16Cl2N2O3. The van der Waals surface area contributed by atoms with Gasteiger partial charge >= 0.3 is 0 Å². The van der Waals surface area contributed by atoms with Crippen molar-refractivity contribution in [1.29, 1.82) is 0 Å². The molecule has 146 valence electrons. The van der Waals surface area contributed by atoms with Gasteiger partial charge in [0.15, 0.2) is 5.78 Å². The number of amides is 2. The average molecular weight is 427 g/mol. The van der Waals surface area contributed by atoms with Gasteiger partial charge in [-0.1, -0.05) is 47.5 Å². The van der Waals surface area contributed by atoms with Crippen LogP contribution in [0.2, 0.25) is 10.0 Å². The number of nitrogens with zero attached hydrogens (tertiary/aromatic N) is 2. The second kappa shape index (κ2) is 6.44. The minimum Gasteiger partial charge on any atom is -0.359 e. The fraction of sp³-hybridized carbons (Fsp3) is 0.227. The van der Waals surface area contributed by atoms with Gasteiger partial charge in [-0.05, 0) is 42.3 Å². The van der Waals surface area contributed by atoms with Crippen LogP contribution < -0.4 is 4.90 Å². The van der Waals surface area contributed by atoms with Crippen LogP contribution in [0.5, 0.6) is 0 Å². The number of rotatable bonds is 2. The Labute approximate surface area is 177 Å². The molecule has 0 spiro atoms. The van der Waals surface area contributed by atoms with Gasteiger partial charge in [0, 0.05) is 11.2 Å². The lowest BCUT2D eigenvalue weighted by Gasteiger charge is -2.35. The lowest BCUT2D eigenvalue weighted by atomic mass is 9.84. The van der Waals surface area contributed by atoms with Crippen LogP contribution in [0.15, 0.2) is 48.7 Å². The molecule has 0 aromatic heterocycles. The first-order valence-corrected chi connectivity index (χ1v) is 10.0.